The van der Waals surface area contributed by atoms with E-state index < -0.39 is 103 Å². The monoisotopic (exact) mass is 1820 g/mol. The molecular formula is C97H174O30. The van der Waals surface area contributed by atoms with E-state index in [4.69, 9.17) is 71.1 Å². The molecule has 5 saturated carbocycles. The Morgan fingerprint density at radius 1 is 0.378 bits per heavy atom. The maximum atomic E-state index is 12.2. The van der Waals surface area contributed by atoms with Crippen LogP contribution in [-0.4, -0.2) is 180 Å². The van der Waals surface area contributed by atoms with Crippen molar-refractivity contribution in [2.75, 3.05) is 33.0 Å². The van der Waals surface area contributed by atoms with Crippen molar-refractivity contribution in [3.05, 3.63) is 0 Å². The van der Waals surface area contributed by atoms with Crippen molar-refractivity contribution in [2.45, 2.75) is 438 Å². The Morgan fingerprint density at radius 3 is 1.19 bits per heavy atom. The molecule has 6 saturated heterocycles. The Balaban J connectivity index is -0.000000479. The van der Waals surface area contributed by atoms with Crippen LogP contribution in [0, 0.1) is 63.1 Å². The van der Waals surface area contributed by atoms with Gasteiger partial charge in [-0.15, -0.1) is 0 Å². The molecule has 742 valence electrons. The molecule has 0 spiro atoms. The van der Waals surface area contributed by atoms with Crippen LogP contribution in [0.3, 0.4) is 0 Å². The van der Waals surface area contributed by atoms with Gasteiger partial charge in [0.15, 0.2) is 0 Å². The molecule has 10 bridgehead atoms. The van der Waals surface area contributed by atoms with Gasteiger partial charge in [0.2, 0.25) is 0 Å². The van der Waals surface area contributed by atoms with Gasteiger partial charge in [-0.1, -0.05) is 123 Å². The molecular weight excluding hydrogens is 1650 g/mol. The third-order valence-electron chi connectivity index (χ3n) is 26.4. The second-order valence-corrected chi connectivity index (χ2v) is 37.4. The molecule has 0 aromatic carbocycles. The van der Waals surface area contributed by atoms with Crippen LogP contribution in [0.4, 0.5) is 0 Å². The summed E-state index contributed by atoms with van der Waals surface area (Å²) in [5.74, 6) is -5.31. The van der Waals surface area contributed by atoms with E-state index in [1.165, 1.54) is 0 Å². The number of fused-ring (bicyclic) bond motifs is 11. The standard InChI is InChI=1S/2C18H28O6.3C17H26O6.10CH4/c1-6-16(2,3)15(21)22-10-8-13(19)23-18(5)11-12-7-9-17(18,4)24-14(12)20;1-6-16(2,3)15(21)22-10-8-13(19)23-17(4)9-7-12-11-18(17,5)24-14(12)20;1-5-16(2,3)15(20)21-9-7-13(18)23-17(4)8-6-11-10-12(17)22-14(11)19;1-5-10(2)15(19)21-7-6-13(18)22-14-11(3)8-12-9-17(14,4)23-16(12)20;1-5-16(2,3)15(20)21-9-8-13(18)22-12-7-6-11-10-17(12,4)23-14(11)19;;;;;;;;;;/h2*12H,6-11H2,1-5H3;11-12H,5-10H2,1-4H3;10-12,14H,5-9H2,1-4H3;11-12H,5-10H2,1-4H3;10*1H4. The van der Waals surface area contributed by atoms with Crippen molar-refractivity contribution in [3.63, 3.8) is 0 Å². The smallest absolute Gasteiger partial charge is 0.311 e. The summed E-state index contributed by atoms with van der Waals surface area (Å²) in [6.45, 7) is 40.5. The third-order valence-corrected chi connectivity index (χ3v) is 26.4. The Hall–Kier alpha value is -7.95. The summed E-state index contributed by atoms with van der Waals surface area (Å²) in [7, 11) is 0. The molecule has 30 heteroatoms. The van der Waals surface area contributed by atoms with Crippen molar-refractivity contribution in [1.82, 2.24) is 0 Å². The molecule has 6 aliphatic heterocycles. The first kappa shape index (κ1) is 128. The van der Waals surface area contributed by atoms with Crippen LogP contribution in [0.5, 0.6) is 0 Å². The fourth-order valence-electron chi connectivity index (χ4n) is 15.6. The van der Waals surface area contributed by atoms with E-state index in [0.29, 0.717) is 116 Å². The number of esters is 15. The average molecular weight is 1820 g/mol. The van der Waals surface area contributed by atoms with Gasteiger partial charge in [0.1, 0.15) is 90.6 Å². The molecule has 17 unspecified atom stereocenters. The summed E-state index contributed by atoms with van der Waals surface area (Å²) < 4.78 is 80.6. The predicted molar refractivity (Wildman–Crippen MR) is 483 cm³/mol. The first-order valence-corrected chi connectivity index (χ1v) is 42.2. The number of carbonyl (C=O) groups excluding carboxylic acids is 15. The minimum Gasteiger partial charge on any atom is -0.465 e. The van der Waals surface area contributed by atoms with Gasteiger partial charge < -0.3 is 71.1 Å². The Morgan fingerprint density at radius 2 is 0.740 bits per heavy atom. The highest BCUT2D eigenvalue weighted by Crippen LogP contribution is 2.53. The molecule has 11 rings (SSSR count). The van der Waals surface area contributed by atoms with Crippen LogP contribution < -0.4 is 0 Å². The van der Waals surface area contributed by atoms with Gasteiger partial charge in [0, 0.05) is 32.1 Å². The lowest BCUT2D eigenvalue weighted by atomic mass is 9.66. The van der Waals surface area contributed by atoms with E-state index in [1.54, 1.807) is 27.7 Å². The summed E-state index contributed by atoms with van der Waals surface area (Å²) in [5.41, 5.74) is -7.64. The summed E-state index contributed by atoms with van der Waals surface area (Å²) in [6, 6.07) is 0. The molecule has 0 amide bonds. The summed E-state index contributed by atoms with van der Waals surface area (Å²) in [4.78, 5) is 178. The van der Waals surface area contributed by atoms with Gasteiger partial charge in [0.25, 0.3) is 0 Å². The highest BCUT2D eigenvalue weighted by atomic mass is 16.6. The van der Waals surface area contributed by atoms with Crippen LogP contribution in [0.25, 0.3) is 0 Å². The Bertz CT molecular complexity index is 3570. The molecule has 11 fully saturated rings. The van der Waals surface area contributed by atoms with Gasteiger partial charge in [0.05, 0.1) is 89.3 Å². The van der Waals surface area contributed by atoms with Crippen LogP contribution >= 0.6 is 0 Å². The Kier molecular flexibility index (Phi) is 51.8. The molecule has 6 heterocycles. The number of hydrogen-bond donors (Lipinski definition) is 0. The van der Waals surface area contributed by atoms with Crippen molar-refractivity contribution in [1.29, 1.82) is 0 Å². The first-order valence-electron chi connectivity index (χ1n) is 42.2. The Labute approximate surface area is 763 Å². The van der Waals surface area contributed by atoms with Gasteiger partial charge in [-0.05, 0) is 200 Å². The topological polar surface area (TPSA) is 394 Å². The minimum absolute atomic E-state index is 0. The molecule has 11 aliphatic rings. The van der Waals surface area contributed by atoms with E-state index >= 15 is 0 Å². The predicted octanol–water partition coefficient (Wildman–Crippen LogP) is 18.9. The molecule has 5 aliphatic carbocycles. The zero-order valence-corrected chi connectivity index (χ0v) is 73.5. The number of ether oxygens (including phenoxy) is 15. The van der Waals surface area contributed by atoms with Gasteiger partial charge >= 0.3 is 89.5 Å². The molecule has 0 radical (unpaired) electrons. The fourth-order valence-corrected chi connectivity index (χ4v) is 15.6. The van der Waals surface area contributed by atoms with Gasteiger partial charge in [-0.2, -0.15) is 0 Å². The van der Waals surface area contributed by atoms with Crippen molar-refractivity contribution in [3.8, 4) is 0 Å². The maximum Gasteiger partial charge on any atom is 0.311 e. The lowest BCUT2D eigenvalue weighted by molar-refractivity contribution is -0.247. The lowest BCUT2D eigenvalue weighted by Gasteiger charge is -2.54. The van der Waals surface area contributed by atoms with Crippen molar-refractivity contribution >= 4 is 89.5 Å². The number of carbonyl (C=O) groups is 15. The van der Waals surface area contributed by atoms with Crippen LogP contribution in [0.2, 0.25) is 0 Å². The highest BCUT2D eigenvalue weighted by molar-refractivity contribution is 5.82. The fraction of sp³-hybridized carbons (Fsp3) is 0.845. The van der Waals surface area contributed by atoms with Crippen molar-refractivity contribution in [2.24, 2.45) is 63.1 Å². The van der Waals surface area contributed by atoms with E-state index in [0.717, 1.165) is 6.42 Å². The molecule has 30 nitrogen and oxygen atoms in total. The minimum atomic E-state index is -0.834. The van der Waals surface area contributed by atoms with Gasteiger partial charge in [-0.3, -0.25) is 71.9 Å². The third kappa shape index (κ3) is 32.2. The second kappa shape index (κ2) is 51.6. The number of rotatable bonds is 30. The van der Waals surface area contributed by atoms with Crippen molar-refractivity contribution < 1.29 is 143 Å². The van der Waals surface area contributed by atoms with E-state index in [1.807, 2.05) is 125 Å². The first-order chi connectivity index (χ1) is 54.2. The quantitative estimate of drug-likeness (QED) is 0.0476. The largest absolute Gasteiger partial charge is 0.465 e. The van der Waals surface area contributed by atoms with Crippen LogP contribution in [-0.2, 0) is 143 Å². The van der Waals surface area contributed by atoms with Crippen LogP contribution in [0.15, 0.2) is 0 Å². The maximum absolute atomic E-state index is 12.2. The molecule has 0 N–H and O–H groups in total. The van der Waals surface area contributed by atoms with E-state index in [-0.39, 0.29) is 247 Å². The normalized spacial score (nSPS) is 29.1. The summed E-state index contributed by atoms with van der Waals surface area (Å²) >= 11 is 0. The summed E-state index contributed by atoms with van der Waals surface area (Å²) in [5, 5.41) is 0. The van der Waals surface area contributed by atoms with Gasteiger partial charge in [-0.25, -0.2) is 0 Å². The lowest BCUT2D eigenvalue weighted by Crippen LogP contribution is -2.64. The molecule has 127 heavy (non-hydrogen) atoms. The zero-order valence-electron chi connectivity index (χ0n) is 73.5. The molecule has 0 aromatic rings. The van der Waals surface area contributed by atoms with E-state index in [9.17, 15) is 71.9 Å². The second-order valence-electron chi connectivity index (χ2n) is 37.4. The zero-order chi connectivity index (χ0) is 88.0. The highest BCUT2D eigenvalue weighted by Gasteiger charge is 2.63. The summed E-state index contributed by atoms with van der Waals surface area (Å²) in [6.07, 6.45) is 11.0. The average Bonchev–Trinajstić information content (AvgIpc) is 1.73. The molecule has 0 aromatic heterocycles. The number of hydrogen-bond acceptors (Lipinski definition) is 30. The van der Waals surface area contributed by atoms with E-state index in [2.05, 4.69) is 0 Å². The molecule has 17 atom stereocenters. The van der Waals surface area contributed by atoms with Crippen LogP contribution in [0.1, 0.15) is 381 Å². The SMILES string of the molecule is C.C.C.C.C.C.C.C.C.C.CCC(C)(C)C(=O)OCCC(=O)OC1(C)CC2CCC1(C)OC2=O.CCC(C)(C)C(=O)OCCC(=O)OC1(C)CCC2CC1(C)OC2=O.CCC(C)(C)C(=O)OCCC(=O)OC1(C)CCC2CC1OC2=O.CCC(C)(C)C(=O)OCCC(=O)OC1CCC2CC1(C)OC2=O.CCC(C)C(=O)OCCC(=O)OC1C(C)CC2CC1(C)OC2=O.